The van der Waals surface area contributed by atoms with Crippen molar-refractivity contribution in [1.82, 2.24) is 4.90 Å². The molecule has 5 nitrogen and oxygen atoms in total. The van der Waals surface area contributed by atoms with E-state index in [9.17, 15) is 14.0 Å². The second-order valence-corrected chi connectivity index (χ2v) is 13.2. The van der Waals surface area contributed by atoms with Gasteiger partial charge < -0.3 is 14.4 Å². The van der Waals surface area contributed by atoms with Crippen LogP contribution in [0, 0.1) is 16.6 Å². The third-order valence-corrected chi connectivity index (χ3v) is 8.40. The van der Waals surface area contributed by atoms with Crippen molar-refractivity contribution >= 4 is 23.2 Å². The van der Waals surface area contributed by atoms with Gasteiger partial charge in [-0.1, -0.05) is 51.4 Å². The number of ketones is 2. The number of carbonyl (C=O) groups excluding carboxylic acids is 2. The van der Waals surface area contributed by atoms with Crippen molar-refractivity contribution in [3.8, 4) is 11.5 Å². The minimum Gasteiger partial charge on any atom is -0.490 e. The average molecular weight is 566 g/mol. The van der Waals surface area contributed by atoms with Crippen LogP contribution in [0.2, 0.25) is 5.02 Å². The summed E-state index contributed by atoms with van der Waals surface area (Å²) in [6, 6.07) is 9.83. The Bertz CT molecular complexity index is 1400. The molecule has 7 heteroatoms. The number of allylic oxidation sites excluding steroid dienone is 4. The van der Waals surface area contributed by atoms with E-state index in [1.54, 1.807) is 18.2 Å². The van der Waals surface area contributed by atoms with E-state index >= 15 is 0 Å². The third-order valence-electron chi connectivity index (χ3n) is 8.12. The van der Waals surface area contributed by atoms with E-state index in [1.807, 2.05) is 20.0 Å². The summed E-state index contributed by atoms with van der Waals surface area (Å²) in [6.45, 7) is 10.8. The van der Waals surface area contributed by atoms with Gasteiger partial charge in [-0.15, -0.1) is 0 Å². The predicted molar refractivity (Wildman–Crippen MR) is 154 cm³/mol. The standard InChI is InChI=1S/C33H37ClFNO4/c1-7-39-27-13-20(12-22(34)31(27)40-18-19-9-8-10-21(35)11-19)28-29-23(14-32(2,3)16-25(29)37)36(6)24-15-33(4,5)17-26(38)30(24)28/h8-13,28H,7,14-18H2,1-6H3. The highest BCUT2D eigenvalue weighted by Gasteiger charge is 2.48. The molecular weight excluding hydrogens is 529 g/mol. The lowest BCUT2D eigenvalue weighted by Gasteiger charge is -2.48. The Morgan fingerprint density at radius 1 is 0.925 bits per heavy atom. The van der Waals surface area contributed by atoms with Crippen LogP contribution in [0.25, 0.3) is 0 Å². The molecule has 0 atom stereocenters. The van der Waals surface area contributed by atoms with Crippen LogP contribution in [0.4, 0.5) is 4.39 Å². The SMILES string of the molecule is CCOc1cc(C2C3=C(CC(C)(C)CC3=O)N(C)C3=C2C(=O)CC(C)(C)C3)cc(Cl)c1OCc1cccc(F)c1. The summed E-state index contributed by atoms with van der Waals surface area (Å²) in [4.78, 5) is 29.7. The first-order valence-corrected chi connectivity index (χ1v) is 14.3. The molecule has 0 radical (unpaired) electrons. The monoisotopic (exact) mass is 565 g/mol. The van der Waals surface area contributed by atoms with E-state index < -0.39 is 5.92 Å². The van der Waals surface area contributed by atoms with Gasteiger partial charge in [-0.05, 0) is 66.0 Å². The highest BCUT2D eigenvalue weighted by molar-refractivity contribution is 6.32. The van der Waals surface area contributed by atoms with Crippen LogP contribution in [0.1, 0.15) is 77.3 Å². The fourth-order valence-electron chi connectivity index (χ4n) is 6.44. The van der Waals surface area contributed by atoms with Crippen LogP contribution in [0.5, 0.6) is 11.5 Å². The number of Topliss-reactive ketones (excluding diaryl/α,β-unsaturated/α-hetero) is 2. The first kappa shape index (κ1) is 28.4. The summed E-state index contributed by atoms with van der Waals surface area (Å²) in [6.07, 6.45) is 2.32. The van der Waals surface area contributed by atoms with Crippen molar-refractivity contribution in [3.63, 3.8) is 0 Å². The molecule has 3 aliphatic rings. The lowest BCUT2D eigenvalue weighted by molar-refractivity contribution is -0.119. The normalized spacial score (nSPS) is 20.4. The number of benzene rings is 2. The Balaban J connectivity index is 1.64. The molecule has 0 spiro atoms. The predicted octanol–water partition coefficient (Wildman–Crippen LogP) is 7.77. The topological polar surface area (TPSA) is 55.8 Å². The molecule has 1 heterocycles. The van der Waals surface area contributed by atoms with Crippen LogP contribution in [-0.4, -0.2) is 30.1 Å². The van der Waals surface area contributed by atoms with Crippen LogP contribution in [-0.2, 0) is 16.2 Å². The number of rotatable bonds is 6. The lowest BCUT2D eigenvalue weighted by atomic mass is 9.63. The summed E-state index contributed by atoms with van der Waals surface area (Å²) in [5, 5.41) is 0.313. The molecule has 40 heavy (non-hydrogen) atoms. The highest BCUT2D eigenvalue weighted by atomic mass is 35.5. The Hall–Kier alpha value is -3.12. The van der Waals surface area contributed by atoms with Gasteiger partial charge in [0.2, 0.25) is 0 Å². The van der Waals surface area contributed by atoms with Gasteiger partial charge in [0.25, 0.3) is 0 Å². The van der Waals surface area contributed by atoms with Gasteiger partial charge in [0.05, 0.1) is 11.6 Å². The molecule has 5 rings (SSSR count). The summed E-state index contributed by atoms with van der Waals surface area (Å²) in [5.74, 6) is 0.0310. The molecule has 2 aromatic carbocycles. The first-order valence-electron chi connectivity index (χ1n) is 13.9. The van der Waals surface area contributed by atoms with Crippen LogP contribution in [0.15, 0.2) is 58.9 Å². The van der Waals surface area contributed by atoms with Crippen molar-refractivity contribution < 1.29 is 23.5 Å². The van der Waals surface area contributed by atoms with Crippen molar-refractivity contribution in [2.24, 2.45) is 10.8 Å². The van der Waals surface area contributed by atoms with Crippen molar-refractivity contribution in [2.45, 2.75) is 72.8 Å². The molecule has 0 unspecified atom stereocenters. The maximum absolute atomic E-state index is 13.8. The fourth-order valence-corrected chi connectivity index (χ4v) is 6.71. The Morgan fingerprint density at radius 3 is 2.08 bits per heavy atom. The summed E-state index contributed by atoms with van der Waals surface area (Å²) in [5.41, 5.74) is 4.37. The largest absolute Gasteiger partial charge is 0.490 e. The fraction of sp³-hybridized carbons (Fsp3) is 0.455. The first-order chi connectivity index (χ1) is 18.8. The van der Waals surface area contributed by atoms with Crippen LogP contribution < -0.4 is 9.47 Å². The van der Waals surface area contributed by atoms with Crippen molar-refractivity contribution in [2.75, 3.05) is 13.7 Å². The maximum atomic E-state index is 13.8. The van der Waals surface area contributed by atoms with Crippen molar-refractivity contribution in [3.05, 3.63) is 80.9 Å². The average Bonchev–Trinajstić information content (AvgIpc) is 2.84. The summed E-state index contributed by atoms with van der Waals surface area (Å²) in [7, 11) is 1.99. The molecule has 0 amide bonds. The van der Waals surface area contributed by atoms with E-state index in [2.05, 4.69) is 32.6 Å². The Morgan fingerprint density at radius 2 is 1.52 bits per heavy atom. The quantitative estimate of drug-likeness (QED) is 0.358. The number of halogens is 2. The van der Waals surface area contributed by atoms with Gasteiger partial charge in [0.1, 0.15) is 12.4 Å². The lowest BCUT2D eigenvalue weighted by Crippen LogP contribution is -2.43. The smallest absolute Gasteiger partial charge is 0.180 e. The Kier molecular flexibility index (Phi) is 7.37. The minimum absolute atomic E-state index is 0.0628. The number of ether oxygens (including phenoxy) is 2. The Labute approximate surface area is 241 Å². The molecular formula is C33H37ClFNO4. The molecule has 0 saturated heterocycles. The summed E-state index contributed by atoms with van der Waals surface area (Å²) < 4.78 is 25.7. The molecule has 0 saturated carbocycles. The zero-order valence-corrected chi connectivity index (χ0v) is 24.9. The summed E-state index contributed by atoms with van der Waals surface area (Å²) >= 11 is 6.84. The maximum Gasteiger partial charge on any atom is 0.180 e. The van der Waals surface area contributed by atoms with Gasteiger partial charge in [0.15, 0.2) is 23.1 Å². The number of nitrogens with zero attached hydrogens (tertiary/aromatic N) is 1. The van der Waals surface area contributed by atoms with Gasteiger partial charge in [-0.25, -0.2) is 4.39 Å². The van der Waals surface area contributed by atoms with E-state index in [0.29, 0.717) is 52.7 Å². The molecule has 2 aliphatic carbocycles. The molecule has 1 aliphatic heterocycles. The highest BCUT2D eigenvalue weighted by Crippen LogP contribution is 2.55. The minimum atomic E-state index is -0.526. The number of hydrogen-bond donors (Lipinski definition) is 0. The van der Waals surface area contributed by atoms with E-state index in [0.717, 1.165) is 29.8 Å². The second kappa shape index (κ2) is 10.4. The van der Waals surface area contributed by atoms with Gasteiger partial charge >= 0.3 is 0 Å². The molecule has 212 valence electrons. The van der Waals surface area contributed by atoms with Gasteiger partial charge in [0, 0.05) is 48.3 Å². The van der Waals surface area contributed by atoms with Crippen LogP contribution in [0.3, 0.4) is 0 Å². The van der Waals surface area contributed by atoms with E-state index in [-0.39, 0.29) is 34.8 Å². The number of carbonyl (C=O) groups is 2. The number of hydrogen-bond acceptors (Lipinski definition) is 5. The third kappa shape index (κ3) is 5.30. The second-order valence-electron chi connectivity index (χ2n) is 12.8. The molecule has 0 aromatic heterocycles. The molecule has 0 N–H and O–H groups in total. The van der Waals surface area contributed by atoms with Gasteiger partial charge in [-0.3, -0.25) is 9.59 Å². The zero-order chi connectivity index (χ0) is 29.0. The molecule has 0 bridgehead atoms. The van der Waals surface area contributed by atoms with Crippen LogP contribution >= 0.6 is 11.6 Å². The molecule has 0 fully saturated rings. The van der Waals surface area contributed by atoms with Gasteiger partial charge in [-0.2, -0.15) is 0 Å². The van der Waals surface area contributed by atoms with Crippen molar-refractivity contribution in [1.29, 1.82) is 0 Å². The molecule has 2 aromatic rings. The van der Waals surface area contributed by atoms with E-state index in [4.69, 9.17) is 21.1 Å². The van der Waals surface area contributed by atoms with E-state index in [1.165, 1.54) is 12.1 Å². The zero-order valence-electron chi connectivity index (χ0n) is 24.1.